The van der Waals surface area contributed by atoms with Crippen molar-refractivity contribution in [1.29, 1.82) is 0 Å². The summed E-state index contributed by atoms with van der Waals surface area (Å²) in [7, 11) is 5.80. The molecule has 1 aromatic rings. The molecule has 1 aromatic heterocycles. The summed E-state index contributed by atoms with van der Waals surface area (Å²) in [6.07, 6.45) is 0. The maximum Gasteiger partial charge on any atom is 0.191 e. The van der Waals surface area contributed by atoms with E-state index in [1.807, 2.05) is 19.0 Å². The Hall–Kier alpha value is -0.650. The highest BCUT2D eigenvalue weighted by Crippen LogP contribution is 2.17. The van der Waals surface area contributed by atoms with Gasteiger partial charge in [0.05, 0.1) is 25.5 Å². The fraction of sp³-hybridized carbons (Fsp3) is 0.750. The number of rotatable bonds is 6. The first-order chi connectivity index (χ1) is 11.4. The molecule has 0 radical (unpaired) electrons. The summed E-state index contributed by atoms with van der Waals surface area (Å²) in [4.78, 5) is 13.4. The third-order valence-electron chi connectivity index (χ3n) is 4.14. The lowest BCUT2D eigenvalue weighted by molar-refractivity contribution is -0.00834. The number of hydrogen-bond donors (Lipinski definition) is 2. The number of nitrogens with one attached hydrogen (secondary N) is 2. The fourth-order valence-corrected chi connectivity index (χ4v) is 3.32. The van der Waals surface area contributed by atoms with Crippen LogP contribution in [0.3, 0.4) is 0 Å². The van der Waals surface area contributed by atoms with E-state index in [0.717, 1.165) is 49.6 Å². The van der Waals surface area contributed by atoms with E-state index in [1.54, 1.807) is 18.4 Å². The summed E-state index contributed by atoms with van der Waals surface area (Å²) in [6.45, 7) is 9.59. The van der Waals surface area contributed by atoms with Crippen LogP contribution in [0.1, 0.15) is 19.5 Å². The highest BCUT2D eigenvalue weighted by molar-refractivity contribution is 14.0. The molecule has 0 saturated carbocycles. The number of aromatic nitrogens is 1. The molecule has 2 rings (SSSR count). The molecule has 0 atom stereocenters. The van der Waals surface area contributed by atoms with Crippen LogP contribution in [0.2, 0.25) is 0 Å². The quantitative estimate of drug-likeness (QED) is 0.365. The number of morpholine rings is 1. The molecule has 0 aliphatic carbocycles. The molecule has 1 fully saturated rings. The molecule has 0 spiro atoms. The fourth-order valence-electron chi connectivity index (χ4n) is 2.56. The minimum atomic E-state index is 0. The van der Waals surface area contributed by atoms with Crippen LogP contribution in [-0.4, -0.2) is 75.4 Å². The second-order valence-corrected chi connectivity index (χ2v) is 7.54. The Balaban J connectivity index is 0.00000312. The van der Waals surface area contributed by atoms with Crippen molar-refractivity contribution in [2.75, 3.05) is 58.9 Å². The highest BCUT2D eigenvalue weighted by Gasteiger charge is 2.28. The van der Waals surface area contributed by atoms with Crippen molar-refractivity contribution >= 4 is 46.4 Å². The molecule has 7 nitrogen and oxygen atoms in total. The van der Waals surface area contributed by atoms with Gasteiger partial charge in [-0.2, -0.15) is 0 Å². The number of guanidine groups is 1. The maximum atomic E-state index is 5.44. The summed E-state index contributed by atoms with van der Waals surface area (Å²) < 4.78 is 5.44. The van der Waals surface area contributed by atoms with Crippen molar-refractivity contribution in [3.05, 3.63) is 11.1 Å². The van der Waals surface area contributed by atoms with Crippen LogP contribution in [0.15, 0.2) is 10.4 Å². The maximum absolute atomic E-state index is 5.44. The third kappa shape index (κ3) is 6.87. The van der Waals surface area contributed by atoms with Crippen LogP contribution < -0.4 is 15.5 Å². The Labute approximate surface area is 172 Å². The smallest absolute Gasteiger partial charge is 0.191 e. The van der Waals surface area contributed by atoms with Crippen LogP contribution >= 0.6 is 35.3 Å². The third-order valence-corrected chi connectivity index (χ3v) is 5.20. The zero-order valence-corrected chi connectivity index (χ0v) is 19.0. The number of nitrogens with zero attached hydrogens (tertiary/aromatic N) is 4. The van der Waals surface area contributed by atoms with Gasteiger partial charge in [0.1, 0.15) is 0 Å². The molecular formula is C16H31IN6OS. The van der Waals surface area contributed by atoms with Gasteiger partial charge in [0.25, 0.3) is 0 Å². The van der Waals surface area contributed by atoms with E-state index < -0.39 is 0 Å². The zero-order valence-electron chi connectivity index (χ0n) is 15.8. The second kappa shape index (κ2) is 10.5. The van der Waals surface area contributed by atoms with E-state index in [-0.39, 0.29) is 29.5 Å². The SMILES string of the molecule is CN=C(NCc1csc(N(C)C)n1)NCC(C)(C)N1CCOCC1.I. The van der Waals surface area contributed by atoms with Crippen LogP contribution in [-0.2, 0) is 11.3 Å². The van der Waals surface area contributed by atoms with Crippen LogP contribution in [0, 0.1) is 0 Å². The van der Waals surface area contributed by atoms with Gasteiger partial charge in [0.15, 0.2) is 11.1 Å². The first-order valence-corrected chi connectivity index (χ1v) is 9.19. The van der Waals surface area contributed by atoms with Gasteiger partial charge in [-0.25, -0.2) is 4.98 Å². The molecule has 2 heterocycles. The molecule has 0 bridgehead atoms. The molecule has 1 saturated heterocycles. The summed E-state index contributed by atoms with van der Waals surface area (Å²) in [5.41, 5.74) is 1.08. The topological polar surface area (TPSA) is 65.0 Å². The molecule has 144 valence electrons. The predicted octanol–water partition coefficient (Wildman–Crippen LogP) is 1.60. The van der Waals surface area contributed by atoms with Crippen LogP contribution in [0.5, 0.6) is 0 Å². The minimum absolute atomic E-state index is 0. The van der Waals surface area contributed by atoms with Gasteiger partial charge in [-0.15, -0.1) is 35.3 Å². The van der Waals surface area contributed by atoms with Crippen molar-refractivity contribution in [2.24, 2.45) is 4.99 Å². The van der Waals surface area contributed by atoms with E-state index in [1.165, 1.54) is 0 Å². The average molecular weight is 482 g/mol. The Kier molecular flexibility index (Phi) is 9.39. The summed E-state index contributed by atoms with van der Waals surface area (Å²) >= 11 is 1.65. The van der Waals surface area contributed by atoms with Gasteiger partial charge in [0, 0.05) is 51.7 Å². The van der Waals surface area contributed by atoms with Gasteiger partial charge >= 0.3 is 0 Å². The number of hydrogen-bond acceptors (Lipinski definition) is 6. The van der Waals surface area contributed by atoms with Crippen LogP contribution in [0.25, 0.3) is 0 Å². The largest absolute Gasteiger partial charge is 0.379 e. The van der Waals surface area contributed by atoms with Gasteiger partial charge in [-0.1, -0.05) is 0 Å². The van der Waals surface area contributed by atoms with E-state index >= 15 is 0 Å². The second-order valence-electron chi connectivity index (χ2n) is 6.71. The van der Waals surface area contributed by atoms with Crippen molar-refractivity contribution in [2.45, 2.75) is 25.9 Å². The van der Waals surface area contributed by atoms with Crippen molar-refractivity contribution in [3.63, 3.8) is 0 Å². The first-order valence-electron chi connectivity index (χ1n) is 8.31. The van der Waals surface area contributed by atoms with Gasteiger partial charge in [0.2, 0.25) is 0 Å². The number of aliphatic imine (C=N–C) groups is 1. The van der Waals surface area contributed by atoms with E-state index in [0.29, 0.717) is 6.54 Å². The molecular weight excluding hydrogens is 451 g/mol. The Bertz CT molecular complexity index is 542. The summed E-state index contributed by atoms with van der Waals surface area (Å²) in [5.74, 6) is 0.802. The number of anilines is 1. The summed E-state index contributed by atoms with van der Waals surface area (Å²) in [5, 5.41) is 9.86. The molecule has 1 aliphatic heterocycles. The molecule has 0 unspecified atom stereocenters. The van der Waals surface area contributed by atoms with Crippen LogP contribution in [0.4, 0.5) is 5.13 Å². The van der Waals surface area contributed by atoms with Gasteiger partial charge in [-0.3, -0.25) is 9.89 Å². The normalized spacial score (nSPS) is 16.3. The summed E-state index contributed by atoms with van der Waals surface area (Å²) in [6, 6.07) is 0. The number of ether oxygens (including phenoxy) is 1. The first kappa shape index (κ1) is 22.4. The predicted molar refractivity (Wildman–Crippen MR) is 117 cm³/mol. The Morgan fingerprint density at radius 1 is 1.36 bits per heavy atom. The minimum Gasteiger partial charge on any atom is -0.379 e. The van der Waals surface area contributed by atoms with E-state index in [9.17, 15) is 0 Å². The van der Waals surface area contributed by atoms with Gasteiger partial charge in [-0.05, 0) is 13.8 Å². The lowest BCUT2D eigenvalue weighted by atomic mass is 10.0. The number of halogens is 1. The number of thiazole rings is 1. The molecule has 0 amide bonds. The monoisotopic (exact) mass is 482 g/mol. The molecule has 0 aromatic carbocycles. The molecule has 25 heavy (non-hydrogen) atoms. The Morgan fingerprint density at radius 2 is 2.04 bits per heavy atom. The van der Waals surface area contributed by atoms with Crippen molar-refractivity contribution in [3.8, 4) is 0 Å². The average Bonchev–Trinajstić information content (AvgIpc) is 3.05. The van der Waals surface area contributed by atoms with Crippen molar-refractivity contribution < 1.29 is 4.74 Å². The molecule has 1 aliphatic rings. The Morgan fingerprint density at radius 3 is 2.60 bits per heavy atom. The van der Waals surface area contributed by atoms with Gasteiger partial charge < -0.3 is 20.3 Å². The van der Waals surface area contributed by atoms with Crippen molar-refractivity contribution in [1.82, 2.24) is 20.5 Å². The standard InChI is InChI=1S/C16H30N6OS.HI/c1-16(2,22-6-8-23-9-7-22)12-19-14(17-3)18-10-13-11-24-15(20-13)21(4)5;/h11H,6-10,12H2,1-5H3,(H2,17,18,19);1H. The zero-order chi connectivity index (χ0) is 17.6. The molecule has 9 heteroatoms. The lowest BCUT2D eigenvalue weighted by Crippen LogP contribution is -2.56. The lowest BCUT2D eigenvalue weighted by Gasteiger charge is -2.41. The van der Waals surface area contributed by atoms with E-state index in [4.69, 9.17) is 4.74 Å². The molecule has 2 N–H and O–H groups in total. The highest BCUT2D eigenvalue weighted by atomic mass is 127. The van der Waals surface area contributed by atoms with E-state index in [2.05, 4.69) is 44.7 Å².